The predicted octanol–water partition coefficient (Wildman–Crippen LogP) is 3.32. The number of para-hydroxylation sites is 2. The summed E-state index contributed by atoms with van der Waals surface area (Å²) in [6.07, 6.45) is 2.63. The fourth-order valence-corrected chi connectivity index (χ4v) is 2.29. The Balaban J connectivity index is 2.12. The maximum Gasteiger partial charge on any atom is 0.249 e. The highest BCUT2D eigenvalue weighted by molar-refractivity contribution is 6.14. The number of hydrogen-bond donors (Lipinski definition) is 1. The van der Waals surface area contributed by atoms with E-state index in [1.807, 2.05) is 13.0 Å². The number of carbonyl (C=O) groups excluding carboxylic acids is 2. The zero-order valence-electron chi connectivity index (χ0n) is 14.7. The van der Waals surface area contributed by atoms with Crippen LogP contribution >= 0.6 is 0 Å². The number of benzene rings is 2. The van der Waals surface area contributed by atoms with Crippen molar-refractivity contribution in [3.8, 4) is 17.9 Å². The van der Waals surface area contributed by atoms with E-state index in [9.17, 15) is 14.9 Å². The molecule has 0 aliphatic carbocycles. The second kappa shape index (κ2) is 9.55. The van der Waals surface area contributed by atoms with E-state index in [2.05, 4.69) is 5.32 Å². The monoisotopic (exact) mass is 359 g/mol. The third-order valence-electron chi connectivity index (χ3n) is 3.58. The number of carbonyl (C=O) groups is 2. The van der Waals surface area contributed by atoms with E-state index in [0.717, 1.165) is 0 Å². The Kier molecular flexibility index (Phi) is 6.87. The van der Waals surface area contributed by atoms with Crippen LogP contribution in [0.1, 0.15) is 18.1 Å². The summed E-state index contributed by atoms with van der Waals surface area (Å²) >= 11 is 0. The van der Waals surface area contributed by atoms with Crippen LogP contribution in [0.25, 0.3) is 6.08 Å². The minimum atomic E-state index is -1.49. The van der Waals surface area contributed by atoms with Gasteiger partial charge in [0.25, 0.3) is 0 Å². The van der Waals surface area contributed by atoms with Crippen LogP contribution in [-0.2, 0) is 9.59 Å². The summed E-state index contributed by atoms with van der Waals surface area (Å²) in [5, 5.41) is 20.7. The van der Waals surface area contributed by atoms with Gasteiger partial charge < -0.3 is 10.1 Å². The Morgan fingerprint density at radius 2 is 1.96 bits per heavy atom. The van der Waals surface area contributed by atoms with Crippen molar-refractivity contribution in [1.29, 1.82) is 10.5 Å². The van der Waals surface area contributed by atoms with Crippen molar-refractivity contribution in [1.82, 2.24) is 0 Å². The third-order valence-corrected chi connectivity index (χ3v) is 3.58. The highest BCUT2D eigenvalue weighted by Gasteiger charge is 2.25. The number of anilines is 1. The van der Waals surface area contributed by atoms with Crippen molar-refractivity contribution in [2.75, 3.05) is 11.9 Å². The molecule has 1 unspecified atom stereocenters. The highest BCUT2D eigenvalue weighted by atomic mass is 16.5. The number of amides is 1. The Morgan fingerprint density at radius 3 is 2.67 bits per heavy atom. The summed E-state index contributed by atoms with van der Waals surface area (Å²) in [6.45, 7) is 2.23. The van der Waals surface area contributed by atoms with Crippen molar-refractivity contribution in [3.05, 3.63) is 65.7 Å². The average molecular weight is 359 g/mol. The first-order valence-corrected chi connectivity index (χ1v) is 8.23. The smallest absolute Gasteiger partial charge is 0.249 e. The number of allylic oxidation sites excluding steroid dienone is 1. The molecule has 1 atom stereocenters. The normalized spacial score (nSPS) is 11.2. The summed E-state index contributed by atoms with van der Waals surface area (Å²) in [4.78, 5) is 24.6. The van der Waals surface area contributed by atoms with Gasteiger partial charge in [0.15, 0.2) is 11.7 Å². The lowest BCUT2D eigenvalue weighted by Crippen LogP contribution is -2.27. The van der Waals surface area contributed by atoms with Crippen LogP contribution in [0.4, 0.5) is 5.69 Å². The van der Waals surface area contributed by atoms with Gasteiger partial charge >= 0.3 is 0 Å². The van der Waals surface area contributed by atoms with E-state index in [1.54, 1.807) is 54.6 Å². The van der Waals surface area contributed by atoms with Crippen LogP contribution < -0.4 is 10.1 Å². The number of rotatable bonds is 7. The van der Waals surface area contributed by atoms with Crippen molar-refractivity contribution in [2.45, 2.75) is 6.92 Å². The molecule has 6 nitrogen and oxygen atoms in total. The fraction of sp³-hybridized carbons (Fsp3) is 0.143. The second-order valence-electron chi connectivity index (χ2n) is 5.45. The molecule has 0 bridgehead atoms. The van der Waals surface area contributed by atoms with Gasteiger partial charge in [-0.3, -0.25) is 9.59 Å². The van der Waals surface area contributed by atoms with Crippen LogP contribution in [0.5, 0.6) is 5.75 Å². The molecule has 2 aromatic carbocycles. The van der Waals surface area contributed by atoms with Gasteiger partial charge in [0.2, 0.25) is 5.91 Å². The third kappa shape index (κ3) is 5.29. The lowest BCUT2D eigenvalue weighted by atomic mass is 10.0. The number of nitrogens with zero attached hydrogens (tertiary/aromatic N) is 2. The summed E-state index contributed by atoms with van der Waals surface area (Å²) in [6, 6.07) is 17.1. The lowest BCUT2D eigenvalue weighted by Gasteiger charge is -2.12. The van der Waals surface area contributed by atoms with Crippen molar-refractivity contribution in [3.63, 3.8) is 0 Å². The summed E-state index contributed by atoms with van der Waals surface area (Å²) < 4.78 is 5.42. The number of nitrogens with one attached hydrogen (secondary N) is 1. The summed E-state index contributed by atoms with van der Waals surface area (Å²) in [5.74, 6) is -2.41. The summed E-state index contributed by atoms with van der Waals surface area (Å²) in [5.41, 5.74) is 1.47. The van der Waals surface area contributed by atoms with Gasteiger partial charge in [0.1, 0.15) is 5.75 Å². The average Bonchev–Trinajstić information content (AvgIpc) is 2.69. The molecule has 27 heavy (non-hydrogen) atoms. The Labute approximate surface area is 157 Å². The molecule has 0 saturated heterocycles. The molecular weight excluding hydrogens is 342 g/mol. The molecule has 1 amide bonds. The SMILES string of the molecule is CCOc1ccccc1NC(=O)C(C#N)C(=O)/C=C/c1cccc(C#N)c1. The van der Waals surface area contributed by atoms with Crippen LogP contribution in [0.3, 0.4) is 0 Å². The molecule has 0 saturated carbocycles. The number of ketones is 1. The van der Waals surface area contributed by atoms with Gasteiger partial charge in [-0.25, -0.2) is 0 Å². The highest BCUT2D eigenvalue weighted by Crippen LogP contribution is 2.24. The van der Waals surface area contributed by atoms with Crippen molar-refractivity contribution >= 4 is 23.5 Å². The molecule has 0 aliphatic rings. The van der Waals surface area contributed by atoms with Gasteiger partial charge in [-0.05, 0) is 42.8 Å². The van der Waals surface area contributed by atoms with E-state index in [1.165, 1.54) is 12.2 Å². The minimum absolute atomic E-state index is 0.392. The van der Waals surface area contributed by atoms with E-state index in [0.29, 0.717) is 29.2 Å². The topological polar surface area (TPSA) is 103 Å². The number of hydrogen-bond acceptors (Lipinski definition) is 5. The van der Waals surface area contributed by atoms with Gasteiger partial charge in [0.05, 0.1) is 30.0 Å². The van der Waals surface area contributed by atoms with E-state index in [4.69, 9.17) is 10.00 Å². The molecule has 2 rings (SSSR count). The van der Waals surface area contributed by atoms with Gasteiger partial charge in [-0.15, -0.1) is 0 Å². The molecule has 0 aliphatic heterocycles. The van der Waals surface area contributed by atoms with Crippen LogP contribution in [-0.4, -0.2) is 18.3 Å². The van der Waals surface area contributed by atoms with Crippen LogP contribution in [0, 0.1) is 28.6 Å². The first kappa shape index (κ1) is 19.4. The second-order valence-corrected chi connectivity index (χ2v) is 5.45. The predicted molar refractivity (Wildman–Crippen MR) is 101 cm³/mol. The molecule has 6 heteroatoms. The summed E-state index contributed by atoms with van der Waals surface area (Å²) in [7, 11) is 0. The Morgan fingerprint density at radius 1 is 1.19 bits per heavy atom. The fourth-order valence-electron chi connectivity index (χ4n) is 2.29. The zero-order chi connectivity index (χ0) is 19.6. The molecule has 2 aromatic rings. The molecule has 134 valence electrons. The Hall–Kier alpha value is -3.90. The minimum Gasteiger partial charge on any atom is -0.492 e. The van der Waals surface area contributed by atoms with Gasteiger partial charge in [-0.1, -0.05) is 30.3 Å². The lowest BCUT2D eigenvalue weighted by molar-refractivity contribution is -0.126. The quantitative estimate of drug-likeness (QED) is 0.603. The Bertz CT molecular complexity index is 952. The largest absolute Gasteiger partial charge is 0.492 e. The molecule has 0 fully saturated rings. The van der Waals surface area contributed by atoms with E-state index in [-0.39, 0.29) is 0 Å². The molecular formula is C21H17N3O3. The molecule has 0 aromatic heterocycles. The van der Waals surface area contributed by atoms with Crippen molar-refractivity contribution < 1.29 is 14.3 Å². The van der Waals surface area contributed by atoms with E-state index < -0.39 is 17.6 Å². The maximum absolute atomic E-state index is 12.4. The molecule has 0 heterocycles. The molecule has 0 spiro atoms. The zero-order valence-corrected chi connectivity index (χ0v) is 14.7. The van der Waals surface area contributed by atoms with Crippen LogP contribution in [0.2, 0.25) is 0 Å². The molecule has 1 N–H and O–H groups in total. The number of nitriles is 2. The number of ether oxygens (including phenoxy) is 1. The van der Waals surface area contributed by atoms with Gasteiger partial charge in [-0.2, -0.15) is 10.5 Å². The van der Waals surface area contributed by atoms with Crippen molar-refractivity contribution in [2.24, 2.45) is 5.92 Å². The van der Waals surface area contributed by atoms with E-state index >= 15 is 0 Å². The molecule has 0 radical (unpaired) electrons. The maximum atomic E-state index is 12.4. The van der Waals surface area contributed by atoms with Crippen LogP contribution in [0.15, 0.2) is 54.6 Å². The first-order valence-electron chi connectivity index (χ1n) is 8.23. The standard InChI is InChI=1S/C21H17N3O3/c1-2-27-20-9-4-3-8-18(20)24-21(26)17(14-23)19(25)11-10-15-6-5-7-16(12-15)13-22/h3-12,17H,2H2,1H3,(H,24,26)/b11-10+. The van der Waals surface area contributed by atoms with Gasteiger partial charge in [0, 0.05) is 0 Å². The first-order chi connectivity index (χ1) is 13.1.